The lowest BCUT2D eigenvalue weighted by molar-refractivity contribution is 0.590. The van der Waals surface area contributed by atoms with E-state index in [1.54, 1.807) is 11.3 Å². The van der Waals surface area contributed by atoms with Crippen molar-refractivity contribution >= 4 is 99.5 Å². The number of para-hydroxylation sites is 1. The maximum atomic E-state index is 8.39. The van der Waals surface area contributed by atoms with Gasteiger partial charge in [0.15, 0.2) is 0 Å². The summed E-state index contributed by atoms with van der Waals surface area (Å²) in [6.07, 6.45) is 0. The molecular weight excluding hydrogens is 1030 g/mol. The van der Waals surface area contributed by atoms with Crippen LogP contribution in [0.4, 0.5) is 34.1 Å². The zero-order valence-corrected chi connectivity index (χ0v) is 51.1. The fraction of sp³-hybridized carbons (Fsp3) is 0.205. The summed E-state index contributed by atoms with van der Waals surface area (Å²) in [6, 6.07) is 81.5. The second-order valence-electron chi connectivity index (χ2n) is 26.4. The molecule has 1 aromatic heterocycles. The van der Waals surface area contributed by atoms with E-state index in [-0.39, 0.29) is 21.7 Å². The molecule has 0 unspecified atom stereocenters. The second-order valence-corrected chi connectivity index (χ2v) is 27.7. The van der Waals surface area contributed by atoms with E-state index in [0.29, 0.717) is 5.02 Å². The molecule has 0 aliphatic rings. The number of benzene rings is 11. The van der Waals surface area contributed by atoms with Crippen LogP contribution in [0.1, 0.15) is 105 Å². The van der Waals surface area contributed by atoms with Gasteiger partial charge in [-0.05, 0) is 159 Å². The molecule has 0 amide bonds. The van der Waals surface area contributed by atoms with Crippen molar-refractivity contribution in [1.82, 2.24) is 0 Å². The van der Waals surface area contributed by atoms with Gasteiger partial charge in [0.05, 0.1) is 33.5 Å². The van der Waals surface area contributed by atoms with Gasteiger partial charge in [0.25, 0.3) is 0 Å². The maximum absolute atomic E-state index is 8.39. The number of nitrogens with zero attached hydrogens (tertiary/aromatic N) is 2. The van der Waals surface area contributed by atoms with Gasteiger partial charge < -0.3 is 9.80 Å². The molecular formula is C78H73ClN2S. The van der Waals surface area contributed by atoms with Gasteiger partial charge in [0.2, 0.25) is 0 Å². The van der Waals surface area contributed by atoms with E-state index >= 15 is 0 Å². The Morgan fingerprint density at radius 3 is 1.29 bits per heavy atom. The number of rotatable bonds is 9. The number of hydrogen-bond acceptors (Lipinski definition) is 3. The van der Waals surface area contributed by atoms with Crippen LogP contribution in [0, 0.1) is 0 Å². The van der Waals surface area contributed by atoms with E-state index in [4.69, 9.17) is 11.6 Å². The van der Waals surface area contributed by atoms with Crippen molar-refractivity contribution in [3.8, 4) is 33.4 Å². The van der Waals surface area contributed by atoms with Gasteiger partial charge in [0, 0.05) is 32.3 Å². The molecule has 0 saturated carbocycles. The van der Waals surface area contributed by atoms with Gasteiger partial charge in [-0.15, -0.1) is 11.3 Å². The Kier molecular flexibility index (Phi) is 13.9. The molecule has 0 saturated heterocycles. The molecule has 2 nitrogen and oxygen atoms in total. The van der Waals surface area contributed by atoms with Crippen molar-refractivity contribution in [2.45, 2.75) is 105 Å². The molecule has 0 aliphatic carbocycles. The first-order valence-electron chi connectivity index (χ1n) is 28.9. The van der Waals surface area contributed by atoms with Crippen LogP contribution in [-0.2, 0) is 21.7 Å². The van der Waals surface area contributed by atoms with E-state index in [0.717, 1.165) is 61.9 Å². The molecule has 12 rings (SSSR count). The number of anilines is 6. The molecule has 4 heteroatoms. The summed E-state index contributed by atoms with van der Waals surface area (Å²) < 4.78 is 1.22. The molecule has 0 fully saturated rings. The Bertz CT molecular complexity index is 4330. The highest BCUT2D eigenvalue weighted by molar-refractivity contribution is 7.17. The van der Waals surface area contributed by atoms with Gasteiger partial charge in [0.1, 0.15) is 0 Å². The van der Waals surface area contributed by atoms with Crippen molar-refractivity contribution < 1.29 is 0 Å². The Morgan fingerprint density at radius 2 is 0.720 bits per heavy atom. The monoisotopic (exact) mass is 1100 g/mol. The number of hydrogen-bond donors (Lipinski definition) is 0. The number of thiophene rings is 1. The third-order valence-corrected chi connectivity index (χ3v) is 18.0. The van der Waals surface area contributed by atoms with Gasteiger partial charge in [-0.3, -0.25) is 0 Å². The molecule has 0 atom stereocenters. The lowest BCUT2D eigenvalue weighted by Gasteiger charge is -2.33. The molecule has 0 radical (unpaired) electrons. The lowest BCUT2D eigenvalue weighted by atomic mass is 9.84. The van der Waals surface area contributed by atoms with Crippen LogP contribution in [0.3, 0.4) is 0 Å². The average molecular weight is 1110 g/mol. The quantitative estimate of drug-likeness (QED) is 0.133. The van der Waals surface area contributed by atoms with Crippen LogP contribution in [-0.4, -0.2) is 0 Å². The van der Waals surface area contributed by atoms with Gasteiger partial charge in [-0.1, -0.05) is 252 Å². The minimum Gasteiger partial charge on any atom is -0.308 e. The lowest BCUT2D eigenvalue weighted by Crippen LogP contribution is -2.16. The van der Waals surface area contributed by atoms with E-state index in [1.807, 2.05) is 0 Å². The standard InChI is InChI=1S/C78H73ClN2S/c1-75(2,3)54-35-28-50(29-36-54)51-32-41-58(42-33-51)80(69-44-39-56(77(7,8)9)47-65(69)53-34-43-64-62-23-14-13-21-60(62)61-22-15-16-24-63(61)66(64)46-53)70-26-19-27-71(74(70)79)81(72-49-82-73-45-40-57(48-67(72)73)78(10,11)12)68-25-18-17-20-59(68)52-30-37-55(38-31-52)76(4,5)6/h13-49H,1-12H3. The average Bonchev–Trinajstić information content (AvgIpc) is 2.33. The van der Waals surface area contributed by atoms with Crippen molar-refractivity contribution in [2.75, 3.05) is 9.80 Å². The predicted molar refractivity (Wildman–Crippen MR) is 360 cm³/mol. The van der Waals surface area contributed by atoms with Crippen LogP contribution in [0.2, 0.25) is 5.02 Å². The maximum Gasteiger partial charge on any atom is 0.0887 e. The highest BCUT2D eigenvalue weighted by atomic mass is 35.5. The third kappa shape index (κ3) is 10.2. The summed E-state index contributed by atoms with van der Waals surface area (Å²) in [7, 11) is 0. The normalized spacial score (nSPS) is 12.5. The summed E-state index contributed by atoms with van der Waals surface area (Å²) in [6.45, 7) is 27.4. The van der Waals surface area contributed by atoms with Crippen molar-refractivity contribution in [3.05, 3.63) is 251 Å². The summed E-state index contributed by atoms with van der Waals surface area (Å²) in [5.41, 5.74) is 17.8. The fourth-order valence-corrected chi connectivity index (χ4v) is 13.0. The van der Waals surface area contributed by atoms with Crippen LogP contribution < -0.4 is 9.80 Å². The highest BCUT2D eigenvalue weighted by Crippen LogP contribution is 2.53. The van der Waals surface area contributed by atoms with Crippen molar-refractivity contribution in [3.63, 3.8) is 0 Å². The van der Waals surface area contributed by atoms with Gasteiger partial charge >= 0.3 is 0 Å². The van der Waals surface area contributed by atoms with E-state index in [1.165, 1.54) is 70.2 Å². The highest BCUT2D eigenvalue weighted by Gasteiger charge is 2.29. The van der Waals surface area contributed by atoms with Crippen LogP contribution in [0.5, 0.6) is 0 Å². The smallest absolute Gasteiger partial charge is 0.0887 e. The molecule has 1 heterocycles. The van der Waals surface area contributed by atoms with Gasteiger partial charge in [-0.25, -0.2) is 0 Å². The minimum absolute atomic E-state index is 0.0206. The molecule has 0 bridgehead atoms. The molecule has 12 aromatic rings. The third-order valence-electron chi connectivity index (χ3n) is 16.7. The summed E-state index contributed by atoms with van der Waals surface area (Å²) >= 11 is 10.2. The number of halogens is 1. The first kappa shape index (κ1) is 54.6. The minimum atomic E-state index is -0.128. The zero-order valence-electron chi connectivity index (χ0n) is 49.5. The molecule has 0 aliphatic heterocycles. The predicted octanol–water partition coefficient (Wildman–Crippen LogP) is 24.1. The van der Waals surface area contributed by atoms with Crippen LogP contribution in [0.15, 0.2) is 224 Å². The van der Waals surface area contributed by atoms with Crippen LogP contribution in [0.25, 0.3) is 75.8 Å². The molecule has 82 heavy (non-hydrogen) atoms. The van der Waals surface area contributed by atoms with E-state index < -0.39 is 0 Å². The Labute approximate surface area is 495 Å². The molecule has 0 spiro atoms. The Hall–Kier alpha value is -7.95. The molecule has 11 aromatic carbocycles. The Balaban J connectivity index is 1.11. The van der Waals surface area contributed by atoms with E-state index in [9.17, 15) is 0 Å². The summed E-state index contributed by atoms with van der Waals surface area (Å²) in [5.74, 6) is 0. The van der Waals surface area contributed by atoms with Crippen molar-refractivity contribution in [1.29, 1.82) is 0 Å². The van der Waals surface area contributed by atoms with E-state index in [2.05, 4.69) is 317 Å². The van der Waals surface area contributed by atoms with Crippen LogP contribution >= 0.6 is 22.9 Å². The fourth-order valence-electron chi connectivity index (χ4n) is 11.8. The summed E-state index contributed by atoms with van der Waals surface area (Å²) in [4.78, 5) is 4.83. The zero-order chi connectivity index (χ0) is 57.5. The largest absolute Gasteiger partial charge is 0.308 e. The van der Waals surface area contributed by atoms with Gasteiger partial charge in [-0.2, -0.15) is 0 Å². The summed E-state index contributed by atoms with van der Waals surface area (Å²) in [5, 5.41) is 11.6. The molecule has 0 N–H and O–H groups in total. The Morgan fingerprint density at radius 1 is 0.293 bits per heavy atom. The number of fused-ring (bicyclic) bond motifs is 7. The first-order chi connectivity index (χ1) is 39.1. The molecule has 408 valence electrons. The first-order valence-corrected chi connectivity index (χ1v) is 30.2. The topological polar surface area (TPSA) is 6.48 Å². The van der Waals surface area contributed by atoms with Crippen molar-refractivity contribution in [2.24, 2.45) is 0 Å². The second kappa shape index (κ2) is 20.8. The SMILES string of the molecule is CC(C)(C)c1ccc(-c2ccc(N(c3ccc(C(C)(C)C)cc3-c3ccc4c5ccccc5c5ccccc5c4c3)c3cccc(N(c4ccccc4-c4ccc(C(C)(C)C)cc4)c4csc5ccc(C(C)(C)C)cc45)c3Cl)cc2)cc1.